The van der Waals surface area contributed by atoms with E-state index in [0.29, 0.717) is 48.1 Å². The molecule has 11 nitrogen and oxygen atoms in total. The Bertz CT molecular complexity index is 1100. The fourth-order valence-electron chi connectivity index (χ4n) is 3.81. The van der Waals surface area contributed by atoms with Crippen LogP contribution in [0.25, 0.3) is 0 Å². The van der Waals surface area contributed by atoms with Crippen LogP contribution in [0, 0.1) is 5.82 Å². The van der Waals surface area contributed by atoms with E-state index in [1.165, 1.54) is 29.2 Å². The number of ether oxygens (including phenoxy) is 1. The average Bonchev–Trinajstić information content (AvgIpc) is 3.35. The summed E-state index contributed by atoms with van der Waals surface area (Å²) in [6.45, 7) is 2.53. The zero-order valence-electron chi connectivity index (χ0n) is 19.1. The number of aliphatic hydroxyl groups is 1. The molecule has 35 heavy (non-hydrogen) atoms. The quantitative estimate of drug-likeness (QED) is 0.586. The molecule has 1 atom stereocenters. The molecule has 1 aromatic carbocycles. The number of hydrogen-bond donors (Lipinski definition) is 2. The van der Waals surface area contributed by atoms with E-state index in [-0.39, 0.29) is 32.1 Å². The molecule has 3 amide bonds. The first-order chi connectivity index (χ1) is 16.8. The number of anilines is 3. The Kier molecular flexibility index (Phi) is 7.78. The van der Waals surface area contributed by atoms with Gasteiger partial charge in [-0.2, -0.15) is 0 Å². The molecule has 0 saturated carbocycles. The maximum absolute atomic E-state index is 15.1. The lowest BCUT2D eigenvalue weighted by molar-refractivity contribution is -0.117. The van der Waals surface area contributed by atoms with Crippen molar-refractivity contribution in [1.82, 2.24) is 10.0 Å². The maximum atomic E-state index is 15.1. The fraction of sp³-hybridized carbons (Fsp3) is 0.455. The number of carbonyl (C=O) groups excluding carboxylic acids is 3. The van der Waals surface area contributed by atoms with Crippen molar-refractivity contribution in [3.8, 4) is 0 Å². The predicted molar refractivity (Wildman–Crippen MR) is 126 cm³/mol. The van der Waals surface area contributed by atoms with Crippen LogP contribution >= 0.6 is 11.3 Å². The first kappa shape index (κ1) is 24.8. The van der Waals surface area contributed by atoms with Gasteiger partial charge in [-0.3, -0.25) is 15.1 Å². The number of thiazole rings is 1. The van der Waals surface area contributed by atoms with Crippen molar-refractivity contribution in [3.63, 3.8) is 0 Å². The molecule has 0 radical (unpaired) electrons. The molecule has 188 valence electrons. The van der Waals surface area contributed by atoms with Gasteiger partial charge in [-0.1, -0.05) is 0 Å². The van der Waals surface area contributed by atoms with Gasteiger partial charge in [0.15, 0.2) is 5.13 Å². The number of amides is 3. The summed E-state index contributed by atoms with van der Waals surface area (Å²) >= 11 is 1.19. The van der Waals surface area contributed by atoms with E-state index < -0.39 is 24.0 Å². The van der Waals surface area contributed by atoms with Crippen LogP contribution in [0.3, 0.4) is 0 Å². The minimum atomic E-state index is -0.568. The second-order valence-corrected chi connectivity index (χ2v) is 9.01. The zero-order chi connectivity index (χ0) is 24.9. The number of cyclic esters (lactones) is 1. The molecular weight excluding hydrogens is 481 g/mol. The number of halogens is 1. The first-order valence-corrected chi connectivity index (χ1v) is 12.0. The predicted octanol–water partition coefficient (Wildman–Crippen LogP) is 2.75. The van der Waals surface area contributed by atoms with Gasteiger partial charge < -0.3 is 19.5 Å². The second kappa shape index (κ2) is 11.0. The summed E-state index contributed by atoms with van der Waals surface area (Å²) in [5, 5.41) is 14.9. The summed E-state index contributed by atoms with van der Waals surface area (Å²) in [5.74, 6) is -0.494. The maximum Gasteiger partial charge on any atom is 0.414 e. The Labute approximate surface area is 205 Å². The molecule has 0 unspecified atom stereocenters. The highest BCUT2D eigenvalue weighted by Crippen LogP contribution is 2.29. The molecule has 2 fully saturated rings. The van der Waals surface area contributed by atoms with Crippen molar-refractivity contribution in [1.29, 1.82) is 0 Å². The number of nitrogens with one attached hydrogen (secondary N) is 1. The SMILES string of the molecule is CC(=O)CC[C@H]1CN(c2ccc(N3CCON(C(=O)Nc4nc(CO)cs4)CC3)c(F)c2)C(=O)O1. The highest BCUT2D eigenvalue weighted by atomic mass is 32.1. The number of hydrogen-bond acceptors (Lipinski definition) is 9. The lowest BCUT2D eigenvalue weighted by Crippen LogP contribution is -2.37. The second-order valence-electron chi connectivity index (χ2n) is 8.15. The Hall–Kier alpha value is -3.29. The molecule has 3 heterocycles. The van der Waals surface area contributed by atoms with Crippen LogP contribution in [0.4, 0.5) is 30.5 Å². The number of nitrogens with zero attached hydrogens (tertiary/aromatic N) is 4. The lowest BCUT2D eigenvalue weighted by Gasteiger charge is -2.23. The molecule has 2 saturated heterocycles. The summed E-state index contributed by atoms with van der Waals surface area (Å²) in [6, 6.07) is 4.00. The van der Waals surface area contributed by atoms with Gasteiger partial charge in [-0.25, -0.2) is 24.0 Å². The molecule has 0 spiro atoms. The molecule has 2 N–H and O–H groups in total. The smallest absolute Gasteiger partial charge is 0.414 e. The average molecular weight is 508 g/mol. The number of rotatable bonds is 7. The molecule has 1 aromatic heterocycles. The summed E-state index contributed by atoms with van der Waals surface area (Å²) in [7, 11) is 0. The van der Waals surface area contributed by atoms with Crippen LogP contribution in [-0.4, -0.2) is 72.0 Å². The van der Waals surface area contributed by atoms with Gasteiger partial charge in [0.2, 0.25) is 0 Å². The van der Waals surface area contributed by atoms with Gasteiger partial charge in [0.25, 0.3) is 0 Å². The largest absolute Gasteiger partial charge is 0.444 e. The number of hydroxylamine groups is 2. The van der Waals surface area contributed by atoms with Crippen LogP contribution in [0.2, 0.25) is 0 Å². The van der Waals surface area contributed by atoms with Gasteiger partial charge >= 0.3 is 12.1 Å². The Balaban J connectivity index is 1.36. The van der Waals surface area contributed by atoms with Crippen LogP contribution in [-0.2, 0) is 21.0 Å². The van der Waals surface area contributed by atoms with Gasteiger partial charge in [0.05, 0.1) is 43.4 Å². The Morgan fingerprint density at radius 3 is 2.86 bits per heavy atom. The molecule has 2 aliphatic heterocycles. The fourth-order valence-corrected chi connectivity index (χ4v) is 4.50. The first-order valence-electron chi connectivity index (χ1n) is 11.1. The molecule has 2 aromatic rings. The van der Waals surface area contributed by atoms with E-state index in [2.05, 4.69) is 10.3 Å². The van der Waals surface area contributed by atoms with E-state index in [1.54, 1.807) is 22.4 Å². The van der Waals surface area contributed by atoms with Crippen LogP contribution in [0.1, 0.15) is 25.5 Å². The molecule has 0 bridgehead atoms. The minimum Gasteiger partial charge on any atom is -0.444 e. The van der Waals surface area contributed by atoms with Crippen molar-refractivity contribution in [3.05, 3.63) is 35.1 Å². The minimum absolute atomic E-state index is 0.0198. The highest BCUT2D eigenvalue weighted by Gasteiger charge is 2.33. The standard InChI is InChI=1S/C22H26FN5O6S/c1-14(30)2-4-17-11-27(22(32)34-17)16-3-5-19(18(23)10-16)26-6-7-28(33-9-8-26)21(31)25-20-24-15(12-29)13-35-20/h3,5,10,13,17,29H,2,4,6-9,11-12H2,1H3,(H,24,25,31)/t17-/m0/s1. The summed E-state index contributed by atoms with van der Waals surface area (Å²) in [4.78, 5) is 48.6. The van der Waals surface area contributed by atoms with E-state index in [0.717, 1.165) is 5.06 Å². The third-order valence-corrected chi connectivity index (χ3v) is 6.42. The number of aliphatic hydroxyl groups excluding tert-OH is 1. The highest BCUT2D eigenvalue weighted by molar-refractivity contribution is 7.13. The van der Waals surface area contributed by atoms with E-state index in [9.17, 15) is 14.4 Å². The van der Waals surface area contributed by atoms with E-state index in [4.69, 9.17) is 14.7 Å². The Morgan fingerprint density at radius 2 is 2.14 bits per heavy atom. The monoisotopic (exact) mass is 507 g/mol. The number of carbonyl (C=O) groups is 3. The van der Waals surface area contributed by atoms with Crippen molar-refractivity contribution in [2.24, 2.45) is 0 Å². The van der Waals surface area contributed by atoms with Crippen molar-refractivity contribution in [2.45, 2.75) is 32.5 Å². The van der Waals surface area contributed by atoms with Crippen molar-refractivity contribution < 1.29 is 33.5 Å². The van der Waals surface area contributed by atoms with Gasteiger partial charge in [-0.15, -0.1) is 11.3 Å². The van der Waals surface area contributed by atoms with Gasteiger partial charge in [0, 0.05) is 24.9 Å². The molecular formula is C22H26FN5O6S. The topological polar surface area (TPSA) is 125 Å². The lowest BCUT2D eigenvalue weighted by atomic mass is 10.1. The molecule has 13 heteroatoms. The van der Waals surface area contributed by atoms with Crippen LogP contribution < -0.4 is 15.1 Å². The van der Waals surface area contributed by atoms with Crippen LogP contribution in [0.15, 0.2) is 23.6 Å². The van der Waals surface area contributed by atoms with Crippen molar-refractivity contribution in [2.75, 3.05) is 47.9 Å². The Morgan fingerprint density at radius 1 is 1.31 bits per heavy atom. The third kappa shape index (κ3) is 6.05. The number of benzene rings is 1. The number of Topliss-reactive ketones (excluding diaryl/α,β-unsaturated/α-hetero) is 1. The molecule has 0 aliphatic carbocycles. The number of ketones is 1. The van der Waals surface area contributed by atoms with Crippen molar-refractivity contribution >= 4 is 45.8 Å². The van der Waals surface area contributed by atoms with Gasteiger partial charge in [-0.05, 0) is 31.5 Å². The van der Waals surface area contributed by atoms with E-state index >= 15 is 4.39 Å². The van der Waals surface area contributed by atoms with Crippen LogP contribution in [0.5, 0.6) is 0 Å². The molecule has 4 rings (SSSR count). The number of aromatic nitrogens is 1. The van der Waals surface area contributed by atoms with Gasteiger partial charge in [0.1, 0.15) is 17.7 Å². The zero-order valence-corrected chi connectivity index (χ0v) is 19.9. The normalized spacial score (nSPS) is 18.4. The summed E-state index contributed by atoms with van der Waals surface area (Å²) in [5.41, 5.74) is 1.16. The van der Waals surface area contributed by atoms with E-state index in [1.807, 2.05) is 0 Å². The summed E-state index contributed by atoms with van der Waals surface area (Å²) < 4.78 is 20.3. The summed E-state index contributed by atoms with van der Waals surface area (Å²) in [6.07, 6.45) is -0.227. The number of urea groups is 1. The molecule has 2 aliphatic rings. The third-order valence-electron chi connectivity index (χ3n) is 5.61.